The monoisotopic (exact) mass is 286 g/mol. The molecule has 0 bridgehead atoms. The van der Waals surface area contributed by atoms with Crippen LogP contribution in [0.3, 0.4) is 0 Å². The molecule has 0 aromatic carbocycles. The van der Waals surface area contributed by atoms with E-state index in [1.54, 1.807) is 14.2 Å². The Morgan fingerprint density at radius 3 is 2.53 bits per heavy atom. The van der Waals surface area contributed by atoms with E-state index in [9.17, 15) is 4.79 Å². The first kappa shape index (κ1) is 14.2. The molecule has 0 aliphatic carbocycles. The van der Waals surface area contributed by atoms with Crippen LogP contribution in [-0.4, -0.2) is 57.6 Å². The lowest BCUT2D eigenvalue weighted by Crippen LogP contribution is -2.27. The van der Waals surface area contributed by atoms with Crippen LogP contribution in [-0.2, 0) is 25.4 Å². The molecule has 1 saturated heterocycles. The molecule has 1 aromatic heterocycles. The van der Waals surface area contributed by atoms with Gasteiger partial charge in [-0.05, 0) is 0 Å². The zero-order chi connectivity index (χ0) is 13.8. The van der Waals surface area contributed by atoms with Gasteiger partial charge in [-0.25, -0.2) is 4.98 Å². The molecule has 1 aromatic rings. The molecule has 6 nitrogen and oxygen atoms in total. The van der Waals surface area contributed by atoms with E-state index in [0.717, 1.165) is 23.9 Å². The van der Waals surface area contributed by atoms with Gasteiger partial charge in [0.05, 0.1) is 19.2 Å². The Bertz CT molecular complexity index is 425. The van der Waals surface area contributed by atoms with E-state index in [1.165, 1.54) is 18.4 Å². The number of hydrogen-bond donors (Lipinski definition) is 0. The average molecular weight is 286 g/mol. The Balaban J connectivity index is 2.01. The number of rotatable bonds is 5. The minimum absolute atomic E-state index is 0.0537. The summed E-state index contributed by atoms with van der Waals surface area (Å²) < 4.78 is 15.4. The number of nitrogens with zero attached hydrogens (tertiary/aromatic N) is 2. The molecule has 1 fully saturated rings. The van der Waals surface area contributed by atoms with E-state index >= 15 is 0 Å². The molecule has 2 unspecified atom stereocenters. The van der Waals surface area contributed by atoms with Crippen LogP contribution in [0.1, 0.15) is 5.69 Å². The Morgan fingerprint density at radius 1 is 1.37 bits per heavy atom. The smallest absolute Gasteiger partial charge is 0.311 e. The molecule has 0 amide bonds. The molecule has 106 valence electrons. The number of thiazole rings is 1. The van der Waals surface area contributed by atoms with E-state index in [-0.39, 0.29) is 24.6 Å². The fraction of sp³-hybridized carbons (Fsp3) is 0.667. The van der Waals surface area contributed by atoms with Gasteiger partial charge in [-0.15, -0.1) is 11.3 Å². The van der Waals surface area contributed by atoms with Gasteiger partial charge in [0.1, 0.15) is 12.2 Å². The Hall–Kier alpha value is -1.18. The van der Waals surface area contributed by atoms with Gasteiger partial charge in [0.2, 0.25) is 0 Å². The van der Waals surface area contributed by atoms with Crippen LogP contribution in [0.25, 0.3) is 0 Å². The summed E-state index contributed by atoms with van der Waals surface area (Å²) in [5.74, 6) is -0.275. The van der Waals surface area contributed by atoms with Crippen molar-refractivity contribution in [3.63, 3.8) is 0 Å². The molecular weight excluding hydrogens is 268 g/mol. The largest absolute Gasteiger partial charge is 0.469 e. The second kappa shape index (κ2) is 6.31. The molecule has 0 N–H and O–H groups in total. The van der Waals surface area contributed by atoms with Crippen LogP contribution in [0.2, 0.25) is 0 Å². The van der Waals surface area contributed by atoms with Crippen molar-refractivity contribution in [1.29, 1.82) is 0 Å². The maximum Gasteiger partial charge on any atom is 0.311 e. The number of carbonyl (C=O) groups excluding carboxylic acids is 1. The quantitative estimate of drug-likeness (QED) is 0.743. The van der Waals surface area contributed by atoms with E-state index in [2.05, 4.69) is 14.6 Å². The number of methoxy groups -OCH3 is 3. The fourth-order valence-electron chi connectivity index (χ4n) is 2.10. The van der Waals surface area contributed by atoms with Crippen LogP contribution in [0, 0.1) is 0 Å². The summed E-state index contributed by atoms with van der Waals surface area (Å²) in [5.41, 5.74) is 0.738. The van der Waals surface area contributed by atoms with Crippen molar-refractivity contribution in [1.82, 2.24) is 4.98 Å². The highest BCUT2D eigenvalue weighted by Gasteiger charge is 2.34. The normalized spacial score (nSPS) is 22.8. The third kappa shape index (κ3) is 3.23. The van der Waals surface area contributed by atoms with Crippen molar-refractivity contribution in [3.8, 4) is 0 Å². The number of anilines is 1. The third-order valence-electron chi connectivity index (χ3n) is 3.18. The summed E-state index contributed by atoms with van der Waals surface area (Å²) in [7, 11) is 4.75. The summed E-state index contributed by atoms with van der Waals surface area (Å²) in [4.78, 5) is 17.8. The number of esters is 1. The molecule has 1 aliphatic rings. The topological polar surface area (TPSA) is 60.9 Å². The first-order valence-corrected chi connectivity index (χ1v) is 6.87. The van der Waals surface area contributed by atoms with Gasteiger partial charge in [-0.1, -0.05) is 0 Å². The molecule has 7 heteroatoms. The van der Waals surface area contributed by atoms with Gasteiger partial charge in [0.15, 0.2) is 5.13 Å². The SMILES string of the molecule is COC(=O)Cc1csc(N2CC(OC)C(OC)C2)n1. The lowest BCUT2D eigenvalue weighted by Gasteiger charge is -2.13. The van der Waals surface area contributed by atoms with E-state index in [4.69, 9.17) is 9.47 Å². The number of ether oxygens (including phenoxy) is 3. The van der Waals surface area contributed by atoms with Gasteiger partial charge in [0, 0.05) is 32.7 Å². The fourth-order valence-corrected chi connectivity index (χ4v) is 2.94. The molecule has 2 atom stereocenters. The summed E-state index contributed by atoms with van der Waals surface area (Å²) in [6.07, 6.45) is 0.318. The number of hydrogen-bond acceptors (Lipinski definition) is 7. The standard InChI is InChI=1S/C12H18N2O4S/c1-16-9-5-14(6-10(9)17-2)12-13-8(7-19-12)4-11(15)18-3/h7,9-10H,4-6H2,1-3H3. The summed E-state index contributed by atoms with van der Waals surface area (Å²) >= 11 is 1.52. The highest BCUT2D eigenvalue weighted by Crippen LogP contribution is 2.26. The zero-order valence-corrected chi connectivity index (χ0v) is 12.1. The molecule has 1 aliphatic heterocycles. The van der Waals surface area contributed by atoms with E-state index in [0.29, 0.717) is 0 Å². The predicted octanol–water partition coefficient (Wildman–Crippen LogP) is 0.709. The summed E-state index contributed by atoms with van der Waals surface area (Å²) in [6.45, 7) is 1.50. The molecular formula is C12H18N2O4S. The first-order valence-electron chi connectivity index (χ1n) is 5.99. The molecule has 0 saturated carbocycles. The average Bonchev–Trinajstić information content (AvgIpc) is 3.03. The van der Waals surface area contributed by atoms with Gasteiger partial charge in [-0.3, -0.25) is 4.79 Å². The van der Waals surface area contributed by atoms with Gasteiger partial charge in [-0.2, -0.15) is 0 Å². The maximum absolute atomic E-state index is 11.2. The van der Waals surface area contributed by atoms with Crippen molar-refractivity contribution in [2.24, 2.45) is 0 Å². The summed E-state index contributed by atoms with van der Waals surface area (Å²) in [6, 6.07) is 0. The van der Waals surface area contributed by atoms with Crippen molar-refractivity contribution in [2.45, 2.75) is 18.6 Å². The van der Waals surface area contributed by atoms with Gasteiger partial charge in [0.25, 0.3) is 0 Å². The Labute approximate surface area is 116 Å². The third-order valence-corrected chi connectivity index (χ3v) is 4.13. The van der Waals surface area contributed by atoms with Gasteiger partial charge >= 0.3 is 5.97 Å². The highest BCUT2D eigenvalue weighted by atomic mass is 32.1. The first-order chi connectivity index (χ1) is 9.17. The number of carbonyl (C=O) groups is 1. The molecule has 2 rings (SSSR count). The second-order valence-electron chi connectivity index (χ2n) is 4.33. The molecule has 0 spiro atoms. The maximum atomic E-state index is 11.2. The highest BCUT2D eigenvalue weighted by molar-refractivity contribution is 7.13. The van der Waals surface area contributed by atoms with Crippen LogP contribution in [0.5, 0.6) is 0 Å². The number of aromatic nitrogens is 1. The molecule has 2 heterocycles. The minimum Gasteiger partial charge on any atom is -0.469 e. The molecule has 0 radical (unpaired) electrons. The van der Waals surface area contributed by atoms with Crippen LogP contribution in [0.4, 0.5) is 5.13 Å². The van der Waals surface area contributed by atoms with Crippen molar-refractivity contribution >= 4 is 22.4 Å². The van der Waals surface area contributed by atoms with Crippen molar-refractivity contribution in [2.75, 3.05) is 39.3 Å². The van der Waals surface area contributed by atoms with E-state index < -0.39 is 0 Å². The lowest BCUT2D eigenvalue weighted by atomic mass is 10.3. The lowest BCUT2D eigenvalue weighted by molar-refractivity contribution is -0.139. The second-order valence-corrected chi connectivity index (χ2v) is 5.16. The van der Waals surface area contributed by atoms with Crippen LogP contribution >= 0.6 is 11.3 Å². The van der Waals surface area contributed by atoms with Crippen molar-refractivity contribution in [3.05, 3.63) is 11.1 Å². The van der Waals surface area contributed by atoms with Crippen molar-refractivity contribution < 1.29 is 19.0 Å². The van der Waals surface area contributed by atoms with Gasteiger partial charge < -0.3 is 19.1 Å². The predicted molar refractivity (Wildman–Crippen MR) is 71.6 cm³/mol. The van der Waals surface area contributed by atoms with E-state index in [1.807, 2.05) is 5.38 Å². The Kier molecular flexibility index (Phi) is 4.73. The summed E-state index contributed by atoms with van der Waals surface area (Å²) in [5, 5.41) is 2.77. The Morgan fingerprint density at radius 2 is 2.00 bits per heavy atom. The zero-order valence-electron chi connectivity index (χ0n) is 11.3. The van der Waals surface area contributed by atoms with Crippen LogP contribution < -0.4 is 4.90 Å². The van der Waals surface area contributed by atoms with Crippen LogP contribution in [0.15, 0.2) is 5.38 Å². The minimum atomic E-state index is -0.275. The molecule has 19 heavy (non-hydrogen) atoms.